The van der Waals surface area contributed by atoms with Gasteiger partial charge in [-0.25, -0.2) is 0 Å². The van der Waals surface area contributed by atoms with Crippen molar-refractivity contribution in [2.45, 2.75) is 6.92 Å². The molecular weight excluding hydrogens is 248 g/mol. The van der Waals surface area contributed by atoms with E-state index in [9.17, 15) is 17.7 Å². The maximum atomic E-state index is 12.9. The van der Waals surface area contributed by atoms with Crippen LogP contribution in [-0.4, -0.2) is 19.6 Å². The molecule has 18 heavy (non-hydrogen) atoms. The van der Waals surface area contributed by atoms with Gasteiger partial charge >= 0.3 is 6.98 Å². The second-order valence-corrected chi connectivity index (χ2v) is 3.85. The highest BCUT2D eigenvalue weighted by molar-refractivity contribution is 6.74. The van der Waals surface area contributed by atoms with Crippen LogP contribution >= 0.6 is 0 Å². The number of benzene rings is 1. The molecule has 1 aromatic carbocycles. The standard InChI is InChI=1S/C11H9BF3O3/c1-7(16)2-3-8-4-10-11(18-6-17-10)5-9(8)12(13,14)15/h2-5H,6H2,1H3/q-1/b3-2+. The van der Waals surface area contributed by atoms with E-state index >= 15 is 0 Å². The Labute approximate surface area is 101 Å². The lowest BCUT2D eigenvalue weighted by molar-refractivity contribution is -0.112. The Balaban J connectivity index is 2.52. The number of carbonyl (C=O) groups excluding carboxylic acids is 1. The van der Waals surface area contributed by atoms with E-state index in [4.69, 9.17) is 9.47 Å². The monoisotopic (exact) mass is 257 g/mol. The van der Waals surface area contributed by atoms with Crippen LogP contribution in [0.3, 0.4) is 0 Å². The molecule has 0 radical (unpaired) electrons. The van der Waals surface area contributed by atoms with Gasteiger partial charge in [0.25, 0.3) is 0 Å². The van der Waals surface area contributed by atoms with Crippen molar-refractivity contribution in [3.05, 3.63) is 23.8 Å². The van der Waals surface area contributed by atoms with Crippen LogP contribution in [0.5, 0.6) is 11.5 Å². The molecule has 0 spiro atoms. The summed E-state index contributed by atoms with van der Waals surface area (Å²) in [7, 11) is 0. The van der Waals surface area contributed by atoms with E-state index in [0.29, 0.717) is 0 Å². The molecule has 0 unspecified atom stereocenters. The van der Waals surface area contributed by atoms with Crippen molar-refractivity contribution in [3.63, 3.8) is 0 Å². The minimum absolute atomic E-state index is 0.0733. The molecule has 0 N–H and O–H groups in total. The topological polar surface area (TPSA) is 35.5 Å². The highest BCUT2D eigenvalue weighted by Gasteiger charge is 2.30. The molecule has 0 saturated carbocycles. The summed E-state index contributed by atoms with van der Waals surface area (Å²) < 4.78 is 48.6. The van der Waals surface area contributed by atoms with Crippen LogP contribution < -0.4 is 14.9 Å². The lowest BCUT2D eigenvalue weighted by atomic mass is 9.76. The van der Waals surface area contributed by atoms with Gasteiger partial charge in [0.05, 0.1) is 0 Å². The summed E-state index contributed by atoms with van der Waals surface area (Å²) in [5.74, 6) is -0.000492. The van der Waals surface area contributed by atoms with Crippen molar-refractivity contribution >= 4 is 24.3 Å². The van der Waals surface area contributed by atoms with Crippen molar-refractivity contribution in [1.29, 1.82) is 0 Å². The molecule has 7 heteroatoms. The highest BCUT2D eigenvalue weighted by atomic mass is 19.4. The fourth-order valence-corrected chi connectivity index (χ4v) is 1.61. The van der Waals surface area contributed by atoms with Gasteiger partial charge < -0.3 is 22.4 Å². The third kappa shape index (κ3) is 2.50. The van der Waals surface area contributed by atoms with Crippen molar-refractivity contribution < 1.29 is 27.2 Å². The van der Waals surface area contributed by atoms with Crippen molar-refractivity contribution in [2.75, 3.05) is 6.79 Å². The van der Waals surface area contributed by atoms with Gasteiger partial charge in [0, 0.05) is 0 Å². The van der Waals surface area contributed by atoms with E-state index in [2.05, 4.69) is 0 Å². The predicted octanol–water partition coefficient (Wildman–Crippen LogP) is 2.07. The quantitative estimate of drug-likeness (QED) is 0.614. The first-order valence-corrected chi connectivity index (χ1v) is 5.20. The van der Waals surface area contributed by atoms with E-state index in [1.54, 1.807) is 0 Å². The third-order valence-corrected chi connectivity index (χ3v) is 2.43. The van der Waals surface area contributed by atoms with Crippen LogP contribution in [0.1, 0.15) is 12.5 Å². The third-order valence-electron chi connectivity index (χ3n) is 2.43. The second-order valence-electron chi connectivity index (χ2n) is 3.85. The summed E-state index contributed by atoms with van der Waals surface area (Å²) in [5, 5.41) is 0. The van der Waals surface area contributed by atoms with Gasteiger partial charge in [-0.05, 0) is 30.7 Å². The zero-order chi connectivity index (χ0) is 13.3. The summed E-state index contributed by atoms with van der Waals surface area (Å²) in [5.41, 5.74) is -0.890. The minimum atomic E-state index is -5.18. The first kappa shape index (κ1) is 12.5. The van der Waals surface area contributed by atoms with Crippen LogP contribution in [0.25, 0.3) is 6.08 Å². The van der Waals surface area contributed by atoms with Gasteiger partial charge in [0.15, 0.2) is 17.3 Å². The second kappa shape index (κ2) is 4.40. The van der Waals surface area contributed by atoms with Crippen molar-refractivity contribution in [1.82, 2.24) is 0 Å². The average Bonchev–Trinajstić information content (AvgIpc) is 2.70. The van der Waals surface area contributed by atoms with Gasteiger partial charge in [-0.3, -0.25) is 4.79 Å². The first-order valence-electron chi connectivity index (χ1n) is 5.20. The summed E-state index contributed by atoms with van der Waals surface area (Å²) >= 11 is 0. The molecule has 0 fully saturated rings. The number of carbonyl (C=O) groups is 1. The van der Waals surface area contributed by atoms with Gasteiger partial charge in [0.1, 0.15) is 0 Å². The first-order chi connectivity index (χ1) is 8.38. The van der Waals surface area contributed by atoms with Gasteiger partial charge in [-0.15, -0.1) is 0 Å². The Hall–Kier alpha value is -1.92. The largest absolute Gasteiger partial charge is 0.510 e. The summed E-state index contributed by atoms with van der Waals surface area (Å²) in [4.78, 5) is 10.8. The summed E-state index contributed by atoms with van der Waals surface area (Å²) in [6.45, 7) is -4.01. The molecular formula is C11H9BF3O3-. The molecule has 1 aliphatic rings. The van der Waals surface area contributed by atoms with Crippen LogP contribution in [0, 0.1) is 0 Å². The van der Waals surface area contributed by atoms with Gasteiger partial charge in [0.2, 0.25) is 6.79 Å². The molecule has 2 rings (SSSR count). The molecule has 0 bridgehead atoms. The fraction of sp³-hybridized carbons (Fsp3) is 0.182. The van der Waals surface area contributed by atoms with E-state index in [-0.39, 0.29) is 29.6 Å². The maximum Gasteiger partial charge on any atom is 0.510 e. The lowest BCUT2D eigenvalue weighted by Crippen LogP contribution is -2.36. The average molecular weight is 257 g/mol. The zero-order valence-corrected chi connectivity index (χ0v) is 9.45. The molecule has 3 nitrogen and oxygen atoms in total. The minimum Gasteiger partial charge on any atom is -0.454 e. The Morgan fingerprint density at radius 2 is 1.89 bits per heavy atom. The molecule has 0 aromatic heterocycles. The Kier molecular flexibility index (Phi) is 3.06. The van der Waals surface area contributed by atoms with E-state index in [1.807, 2.05) is 0 Å². The van der Waals surface area contributed by atoms with Crippen LogP contribution in [0.4, 0.5) is 12.9 Å². The van der Waals surface area contributed by atoms with Crippen LogP contribution in [0.15, 0.2) is 18.2 Å². The molecule has 1 aliphatic heterocycles. The number of hydrogen-bond acceptors (Lipinski definition) is 3. The molecule has 1 heterocycles. The number of rotatable bonds is 3. The SMILES string of the molecule is CC(=O)/C=C/c1cc2c(cc1[B-](F)(F)F)OCO2. The fourth-order valence-electron chi connectivity index (χ4n) is 1.61. The number of halogens is 3. The zero-order valence-electron chi connectivity index (χ0n) is 9.45. The molecule has 0 amide bonds. The van der Waals surface area contributed by atoms with E-state index in [0.717, 1.165) is 18.2 Å². The molecule has 96 valence electrons. The number of allylic oxidation sites excluding steroid dienone is 1. The summed E-state index contributed by atoms with van der Waals surface area (Å²) in [6, 6.07) is 2.13. The normalized spacial score (nSPS) is 14.2. The van der Waals surface area contributed by atoms with Gasteiger partial charge in [-0.1, -0.05) is 11.5 Å². The Morgan fingerprint density at radius 1 is 1.28 bits per heavy atom. The maximum absolute atomic E-state index is 12.9. The molecule has 1 aromatic rings. The van der Waals surface area contributed by atoms with Crippen LogP contribution in [-0.2, 0) is 4.79 Å². The molecule has 0 saturated heterocycles. The Morgan fingerprint density at radius 3 is 2.44 bits per heavy atom. The van der Waals surface area contributed by atoms with Crippen LogP contribution in [0.2, 0.25) is 0 Å². The molecule has 0 atom stereocenters. The number of fused-ring (bicyclic) bond motifs is 1. The summed E-state index contributed by atoms with van der Waals surface area (Å²) in [6.07, 6.45) is 2.22. The number of ketones is 1. The number of ether oxygens (including phenoxy) is 2. The van der Waals surface area contributed by atoms with Gasteiger partial charge in [-0.2, -0.15) is 0 Å². The van der Waals surface area contributed by atoms with Crippen molar-refractivity contribution in [3.8, 4) is 11.5 Å². The Bertz CT molecular complexity index is 523. The highest BCUT2D eigenvalue weighted by Crippen LogP contribution is 2.33. The number of hydrogen-bond donors (Lipinski definition) is 0. The van der Waals surface area contributed by atoms with Crippen molar-refractivity contribution in [2.24, 2.45) is 0 Å². The van der Waals surface area contributed by atoms with E-state index in [1.165, 1.54) is 13.0 Å². The predicted molar refractivity (Wildman–Crippen MR) is 61.0 cm³/mol. The lowest BCUT2D eigenvalue weighted by Gasteiger charge is -2.18. The van der Waals surface area contributed by atoms with E-state index < -0.39 is 12.4 Å². The molecule has 0 aliphatic carbocycles. The smallest absolute Gasteiger partial charge is 0.454 e.